The van der Waals surface area contributed by atoms with E-state index in [9.17, 15) is 0 Å². The van der Waals surface area contributed by atoms with Gasteiger partial charge in [0.15, 0.2) is 0 Å². The Hall–Kier alpha value is -2.86. The highest BCUT2D eigenvalue weighted by atomic mass is 14.0. The zero-order chi connectivity index (χ0) is 22.5. The van der Waals surface area contributed by atoms with E-state index >= 15 is 0 Å². The Bertz CT molecular complexity index is 1130. The Morgan fingerprint density at radius 1 is 0.677 bits per heavy atom. The van der Waals surface area contributed by atoms with Crippen LogP contribution in [0.1, 0.15) is 58.9 Å². The van der Waals surface area contributed by atoms with Crippen LogP contribution in [0.3, 0.4) is 0 Å². The summed E-state index contributed by atoms with van der Waals surface area (Å²) in [6.07, 6.45) is 13.8. The predicted molar refractivity (Wildman–Crippen MR) is 141 cm³/mol. The Balaban J connectivity index is 0.000000163. The topological polar surface area (TPSA) is 0 Å². The van der Waals surface area contributed by atoms with Gasteiger partial charge in [0.05, 0.1) is 0 Å². The summed E-state index contributed by atoms with van der Waals surface area (Å²) in [6.45, 7) is 10.5. The molecule has 0 unspecified atom stereocenters. The second kappa shape index (κ2) is 13.4. The predicted octanol–water partition coefficient (Wildman–Crippen LogP) is 7.89. The lowest BCUT2D eigenvalue weighted by Crippen LogP contribution is -2.27. The minimum atomic E-state index is 1.21. The Labute approximate surface area is 189 Å². The van der Waals surface area contributed by atoms with E-state index in [-0.39, 0.29) is 0 Å². The highest BCUT2D eigenvalue weighted by Crippen LogP contribution is 2.14. The number of hydrogen-bond donors (Lipinski definition) is 0. The van der Waals surface area contributed by atoms with Crippen LogP contribution in [0.15, 0.2) is 90.5 Å². The van der Waals surface area contributed by atoms with Gasteiger partial charge in [0.2, 0.25) is 0 Å². The summed E-state index contributed by atoms with van der Waals surface area (Å²) in [4.78, 5) is 0. The van der Waals surface area contributed by atoms with Crippen molar-refractivity contribution in [2.75, 3.05) is 0 Å². The Morgan fingerprint density at radius 2 is 1.39 bits per heavy atom. The third kappa shape index (κ3) is 8.06. The van der Waals surface area contributed by atoms with Crippen LogP contribution in [0.2, 0.25) is 0 Å². The Kier molecular flexibility index (Phi) is 10.6. The molecule has 2 aliphatic rings. The summed E-state index contributed by atoms with van der Waals surface area (Å²) in [5.74, 6) is 0. The van der Waals surface area contributed by atoms with E-state index in [0.29, 0.717) is 0 Å². The second-order valence-corrected chi connectivity index (χ2v) is 7.94. The maximum atomic E-state index is 2.32. The van der Waals surface area contributed by atoms with Crippen molar-refractivity contribution in [2.24, 2.45) is 0 Å². The highest BCUT2D eigenvalue weighted by molar-refractivity contribution is 5.82. The van der Waals surface area contributed by atoms with Gasteiger partial charge in [-0.1, -0.05) is 122 Å². The van der Waals surface area contributed by atoms with Crippen molar-refractivity contribution in [1.82, 2.24) is 0 Å². The monoisotopic (exact) mass is 410 g/mol. The molecule has 0 saturated heterocycles. The molecule has 162 valence electrons. The zero-order valence-electron chi connectivity index (χ0n) is 20.0. The second-order valence-electron chi connectivity index (χ2n) is 7.94. The molecule has 0 heterocycles. The molecule has 5 rings (SSSR count). The van der Waals surface area contributed by atoms with E-state index in [0.717, 1.165) is 0 Å². The molecule has 0 heteroatoms. The van der Waals surface area contributed by atoms with Crippen LogP contribution < -0.4 is 10.4 Å². The molecule has 0 fully saturated rings. The minimum absolute atomic E-state index is 1.21. The summed E-state index contributed by atoms with van der Waals surface area (Å²) in [7, 11) is 0. The average Bonchev–Trinajstić information content (AvgIpc) is 2.82. The molecular formula is C31H38. The first-order valence-electron chi connectivity index (χ1n) is 11.7. The number of allylic oxidation sites excluding steroid dienone is 4. The van der Waals surface area contributed by atoms with Crippen molar-refractivity contribution in [3.05, 3.63) is 107 Å². The first kappa shape index (κ1) is 24.4. The minimum Gasteiger partial charge on any atom is -0.0842 e. The number of aryl methyl sites for hydroxylation is 1. The van der Waals surface area contributed by atoms with Gasteiger partial charge in [-0.3, -0.25) is 0 Å². The van der Waals surface area contributed by atoms with Gasteiger partial charge in [-0.2, -0.15) is 0 Å². The van der Waals surface area contributed by atoms with E-state index in [4.69, 9.17) is 0 Å². The molecule has 3 aromatic carbocycles. The molecule has 0 aromatic heterocycles. The van der Waals surface area contributed by atoms with Crippen molar-refractivity contribution in [3.63, 3.8) is 0 Å². The molecule has 3 aromatic rings. The molecule has 0 radical (unpaired) electrons. The van der Waals surface area contributed by atoms with Gasteiger partial charge in [-0.05, 0) is 67.7 Å². The van der Waals surface area contributed by atoms with Gasteiger partial charge in [0.1, 0.15) is 0 Å². The summed E-state index contributed by atoms with van der Waals surface area (Å²) in [5, 5.41) is 5.50. The lowest BCUT2D eigenvalue weighted by molar-refractivity contribution is 0.962. The zero-order valence-corrected chi connectivity index (χ0v) is 20.0. The molecule has 31 heavy (non-hydrogen) atoms. The molecule has 0 spiro atoms. The SMILES string of the molecule is CC.CC1=CC=CCC1.CC1=c2ccccc2=CCC1.Cc1ccc2ccccc2c1. The molecule has 0 saturated carbocycles. The van der Waals surface area contributed by atoms with Crippen LogP contribution in [-0.2, 0) is 0 Å². The fourth-order valence-corrected chi connectivity index (χ4v) is 3.67. The number of benzene rings is 3. The highest BCUT2D eigenvalue weighted by Gasteiger charge is 1.97. The van der Waals surface area contributed by atoms with Gasteiger partial charge in [-0.15, -0.1) is 0 Å². The van der Waals surface area contributed by atoms with Crippen molar-refractivity contribution in [3.8, 4) is 0 Å². The van der Waals surface area contributed by atoms with E-state index in [1.165, 1.54) is 63.6 Å². The molecule has 0 aliphatic heterocycles. The normalized spacial score (nSPS) is 13.7. The van der Waals surface area contributed by atoms with Gasteiger partial charge in [-0.25, -0.2) is 0 Å². The van der Waals surface area contributed by atoms with Gasteiger partial charge in [0.25, 0.3) is 0 Å². The lowest BCUT2D eigenvalue weighted by atomic mass is 10.0. The van der Waals surface area contributed by atoms with E-state index in [1.807, 2.05) is 13.8 Å². The Morgan fingerprint density at radius 3 is 2.03 bits per heavy atom. The summed E-state index contributed by atoms with van der Waals surface area (Å²) in [5.41, 5.74) is 4.36. The lowest BCUT2D eigenvalue weighted by Gasteiger charge is -2.04. The van der Waals surface area contributed by atoms with Gasteiger partial charge >= 0.3 is 0 Å². The number of hydrogen-bond acceptors (Lipinski definition) is 0. The van der Waals surface area contributed by atoms with Gasteiger partial charge < -0.3 is 0 Å². The molecule has 0 bridgehead atoms. The molecule has 0 nitrogen and oxygen atoms in total. The van der Waals surface area contributed by atoms with Crippen LogP contribution in [0.25, 0.3) is 22.4 Å². The maximum Gasteiger partial charge on any atom is -0.0181 e. The van der Waals surface area contributed by atoms with E-state index < -0.39 is 0 Å². The number of rotatable bonds is 0. The van der Waals surface area contributed by atoms with Crippen LogP contribution in [0, 0.1) is 6.92 Å². The van der Waals surface area contributed by atoms with Crippen molar-refractivity contribution < 1.29 is 0 Å². The van der Waals surface area contributed by atoms with Crippen LogP contribution in [0.4, 0.5) is 0 Å². The van der Waals surface area contributed by atoms with Crippen molar-refractivity contribution >= 4 is 22.4 Å². The van der Waals surface area contributed by atoms with E-state index in [2.05, 4.69) is 112 Å². The fourth-order valence-electron chi connectivity index (χ4n) is 3.67. The van der Waals surface area contributed by atoms with Gasteiger partial charge in [0, 0.05) is 0 Å². The number of fused-ring (bicyclic) bond motifs is 2. The molecule has 0 N–H and O–H groups in total. The average molecular weight is 411 g/mol. The molecule has 2 aliphatic carbocycles. The summed E-state index contributed by atoms with van der Waals surface area (Å²) in [6, 6.07) is 23.5. The quantitative estimate of drug-likeness (QED) is 0.353. The van der Waals surface area contributed by atoms with E-state index in [1.54, 1.807) is 0 Å². The van der Waals surface area contributed by atoms with Crippen LogP contribution in [0.5, 0.6) is 0 Å². The largest absolute Gasteiger partial charge is 0.0842 e. The third-order valence-electron chi connectivity index (χ3n) is 5.43. The standard InChI is InChI=1S/C11H12.C11H10.C7H10.C2H6/c1-9-5-4-7-10-6-2-3-8-11(9)10;1-9-6-7-10-4-2-3-5-11(10)8-9;1-7-5-3-2-4-6-7;1-2/h2-3,6-8H,4-5H2,1H3;2-8H,1H3;2-3,5H,4,6H2,1H3;1-2H3. The first-order valence-corrected chi connectivity index (χ1v) is 11.7. The summed E-state index contributed by atoms with van der Waals surface area (Å²) >= 11 is 0. The molecule has 0 atom stereocenters. The first-order chi connectivity index (χ1) is 15.1. The smallest absolute Gasteiger partial charge is 0.0181 e. The fraction of sp³-hybridized carbons (Fsp3) is 0.290. The van der Waals surface area contributed by atoms with Crippen molar-refractivity contribution in [1.29, 1.82) is 0 Å². The van der Waals surface area contributed by atoms with Crippen LogP contribution in [-0.4, -0.2) is 0 Å². The third-order valence-corrected chi connectivity index (χ3v) is 5.43. The summed E-state index contributed by atoms with van der Waals surface area (Å²) < 4.78 is 0. The van der Waals surface area contributed by atoms with Crippen molar-refractivity contribution in [2.45, 2.75) is 60.3 Å². The molecule has 0 amide bonds. The van der Waals surface area contributed by atoms with Crippen LogP contribution >= 0.6 is 0 Å². The molecular weight excluding hydrogens is 372 g/mol. The maximum absolute atomic E-state index is 2.32.